The van der Waals surface area contributed by atoms with Gasteiger partial charge in [-0.05, 0) is 74.0 Å². The second-order valence-corrected chi connectivity index (χ2v) is 7.94. The monoisotopic (exact) mass is 437 g/mol. The first-order valence-corrected chi connectivity index (χ1v) is 10.7. The summed E-state index contributed by atoms with van der Waals surface area (Å²) in [6.07, 6.45) is 7.52. The Morgan fingerprint density at radius 2 is 1.79 bits per heavy atom. The van der Waals surface area contributed by atoms with Crippen molar-refractivity contribution in [2.45, 2.75) is 20.0 Å². The van der Waals surface area contributed by atoms with Gasteiger partial charge in [0.2, 0.25) is 0 Å². The molecule has 1 amide bonds. The zero-order valence-electron chi connectivity index (χ0n) is 18.3. The number of benzene rings is 1. The maximum atomic E-state index is 12.7. The zero-order valence-corrected chi connectivity index (χ0v) is 18.3. The number of aromatic nitrogens is 4. The number of nitrogens with one attached hydrogen (secondary N) is 1. The van der Waals surface area contributed by atoms with Crippen molar-refractivity contribution in [3.63, 3.8) is 0 Å². The molecular weight excluding hydrogens is 414 g/mol. The average molecular weight is 438 g/mol. The maximum absolute atomic E-state index is 12.7. The standard InChI is InChI=1S/C26H23N5O2/c1-18(2)33-23-10-6-21(7-11-23)28-26(32)24-13-15-31(29-24)25-12-9-22-8-5-20(17-30(22)25)19-4-3-14-27-16-19/h3-18H,1-2H3,(H,28,32). The first-order valence-electron chi connectivity index (χ1n) is 10.7. The summed E-state index contributed by atoms with van der Waals surface area (Å²) in [4.78, 5) is 16.9. The molecule has 0 aliphatic rings. The van der Waals surface area contributed by atoms with Crippen LogP contribution in [0.2, 0.25) is 0 Å². The molecule has 4 heterocycles. The Kier molecular flexibility index (Phi) is 5.36. The quantitative estimate of drug-likeness (QED) is 0.395. The van der Waals surface area contributed by atoms with Crippen molar-refractivity contribution in [3.8, 4) is 22.7 Å². The fourth-order valence-electron chi connectivity index (χ4n) is 3.63. The predicted molar refractivity (Wildman–Crippen MR) is 128 cm³/mol. The molecule has 0 unspecified atom stereocenters. The number of rotatable bonds is 6. The number of anilines is 1. The summed E-state index contributed by atoms with van der Waals surface area (Å²) in [7, 11) is 0. The first kappa shape index (κ1) is 20.5. The van der Waals surface area contributed by atoms with Crippen molar-refractivity contribution in [3.05, 3.63) is 97.2 Å². The second kappa shape index (κ2) is 8.63. The van der Waals surface area contributed by atoms with E-state index in [4.69, 9.17) is 4.74 Å². The number of amides is 1. The Bertz CT molecular complexity index is 1400. The van der Waals surface area contributed by atoms with Crippen molar-refractivity contribution in [2.75, 3.05) is 5.32 Å². The van der Waals surface area contributed by atoms with Crippen LogP contribution in [0.5, 0.6) is 5.75 Å². The highest BCUT2D eigenvalue weighted by atomic mass is 16.5. The molecule has 0 saturated carbocycles. The van der Waals surface area contributed by atoms with Gasteiger partial charge in [0.05, 0.1) is 6.10 Å². The molecule has 0 saturated heterocycles. The van der Waals surface area contributed by atoms with Crippen LogP contribution in [-0.2, 0) is 0 Å². The van der Waals surface area contributed by atoms with E-state index in [1.54, 1.807) is 23.1 Å². The van der Waals surface area contributed by atoms with Crippen molar-refractivity contribution in [1.82, 2.24) is 19.2 Å². The van der Waals surface area contributed by atoms with E-state index in [1.165, 1.54) is 0 Å². The van der Waals surface area contributed by atoms with E-state index in [9.17, 15) is 4.79 Å². The molecule has 1 aromatic carbocycles. The molecule has 0 aliphatic carbocycles. The number of fused-ring (bicyclic) bond motifs is 1. The van der Waals surface area contributed by atoms with E-state index in [0.29, 0.717) is 11.4 Å². The first-order chi connectivity index (χ1) is 16.1. The predicted octanol–water partition coefficient (Wildman–Crippen LogP) is 5.23. The van der Waals surface area contributed by atoms with Gasteiger partial charge in [-0.1, -0.05) is 12.1 Å². The highest BCUT2D eigenvalue weighted by molar-refractivity contribution is 6.02. The van der Waals surface area contributed by atoms with Crippen LogP contribution in [-0.4, -0.2) is 31.2 Å². The summed E-state index contributed by atoms with van der Waals surface area (Å²) in [5, 5.41) is 7.39. The molecule has 0 fully saturated rings. The number of nitrogens with zero attached hydrogens (tertiary/aromatic N) is 4. The molecule has 1 N–H and O–H groups in total. The van der Waals surface area contributed by atoms with Crippen LogP contribution in [0.15, 0.2) is 91.5 Å². The minimum atomic E-state index is -0.275. The van der Waals surface area contributed by atoms with Gasteiger partial charge in [-0.25, -0.2) is 4.68 Å². The van der Waals surface area contributed by atoms with Crippen LogP contribution in [0.4, 0.5) is 5.69 Å². The highest BCUT2D eigenvalue weighted by Crippen LogP contribution is 2.23. The Hall–Kier alpha value is -4.39. The van der Waals surface area contributed by atoms with Crippen LogP contribution >= 0.6 is 0 Å². The van der Waals surface area contributed by atoms with Gasteiger partial charge in [0.15, 0.2) is 5.69 Å². The second-order valence-electron chi connectivity index (χ2n) is 7.94. The fourth-order valence-corrected chi connectivity index (χ4v) is 3.63. The summed E-state index contributed by atoms with van der Waals surface area (Å²) in [5.41, 5.74) is 4.12. The van der Waals surface area contributed by atoms with E-state index >= 15 is 0 Å². The van der Waals surface area contributed by atoms with Gasteiger partial charge in [-0.2, -0.15) is 5.10 Å². The van der Waals surface area contributed by atoms with E-state index in [0.717, 1.165) is 28.2 Å². The summed E-state index contributed by atoms with van der Waals surface area (Å²) in [5.74, 6) is 1.33. The summed E-state index contributed by atoms with van der Waals surface area (Å²) >= 11 is 0. The molecule has 4 aromatic heterocycles. The Morgan fingerprint density at radius 1 is 0.970 bits per heavy atom. The van der Waals surface area contributed by atoms with Crippen molar-refractivity contribution >= 4 is 17.1 Å². The molecule has 0 radical (unpaired) electrons. The number of hydrogen-bond acceptors (Lipinski definition) is 4. The van der Waals surface area contributed by atoms with Crippen molar-refractivity contribution < 1.29 is 9.53 Å². The zero-order chi connectivity index (χ0) is 22.8. The molecule has 0 bridgehead atoms. The maximum Gasteiger partial charge on any atom is 0.276 e. The SMILES string of the molecule is CC(C)Oc1ccc(NC(=O)c2ccn(-c3ccc4ccc(-c5cccnc5)cn34)n2)cc1. The van der Waals surface area contributed by atoms with Gasteiger partial charge in [0.25, 0.3) is 5.91 Å². The van der Waals surface area contributed by atoms with Gasteiger partial charge in [-0.15, -0.1) is 0 Å². The third-order valence-corrected chi connectivity index (χ3v) is 5.17. The molecule has 5 aromatic rings. The minimum absolute atomic E-state index is 0.0972. The topological polar surface area (TPSA) is 73.5 Å². The molecule has 33 heavy (non-hydrogen) atoms. The van der Waals surface area contributed by atoms with Crippen molar-refractivity contribution in [2.24, 2.45) is 0 Å². The number of hydrogen-bond donors (Lipinski definition) is 1. The van der Waals surface area contributed by atoms with Gasteiger partial charge in [0, 0.05) is 41.6 Å². The lowest BCUT2D eigenvalue weighted by Gasteiger charge is -2.10. The van der Waals surface area contributed by atoms with Crippen LogP contribution < -0.4 is 10.1 Å². The lowest BCUT2D eigenvalue weighted by molar-refractivity contribution is 0.102. The Morgan fingerprint density at radius 3 is 2.55 bits per heavy atom. The molecule has 164 valence electrons. The third-order valence-electron chi connectivity index (χ3n) is 5.17. The number of carbonyl (C=O) groups excluding carboxylic acids is 1. The molecule has 7 heteroatoms. The van der Waals surface area contributed by atoms with E-state index < -0.39 is 0 Å². The molecule has 0 atom stereocenters. The summed E-state index contributed by atoms with van der Waals surface area (Å²) < 4.78 is 9.39. The molecule has 7 nitrogen and oxygen atoms in total. The Balaban J connectivity index is 1.37. The lowest BCUT2D eigenvalue weighted by Crippen LogP contribution is -2.13. The van der Waals surface area contributed by atoms with Gasteiger partial charge < -0.3 is 14.5 Å². The molecule has 0 aliphatic heterocycles. The van der Waals surface area contributed by atoms with E-state index in [2.05, 4.69) is 27.5 Å². The van der Waals surface area contributed by atoms with Gasteiger partial charge in [0.1, 0.15) is 11.6 Å². The van der Waals surface area contributed by atoms with Gasteiger partial charge >= 0.3 is 0 Å². The number of ether oxygens (including phenoxy) is 1. The number of carbonyl (C=O) groups is 1. The highest BCUT2D eigenvalue weighted by Gasteiger charge is 2.13. The number of pyridine rings is 2. The molecule has 5 rings (SSSR count). The van der Waals surface area contributed by atoms with E-state index in [1.807, 2.05) is 79.2 Å². The third kappa shape index (κ3) is 4.34. The molecular formula is C26H23N5O2. The largest absolute Gasteiger partial charge is 0.491 e. The Labute approximate surface area is 191 Å². The van der Waals surface area contributed by atoms with Crippen LogP contribution in [0.3, 0.4) is 0 Å². The molecule has 0 spiro atoms. The van der Waals surface area contributed by atoms with Crippen LogP contribution in [0.25, 0.3) is 22.5 Å². The average Bonchev–Trinajstić information content (AvgIpc) is 3.47. The summed E-state index contributed by atoms with van der Waals surface area (Å²) in [6.45, 7) is 3.94. The minimum Gasteiger partial charge on any atom is -0.491 e. The lowest BCUT2D eigenvalue weighted by atomic mass is 10.1. The fraction of sp³-hybridized carbons (Fsp3) is 0.115. The van der Waals surface area contributed by atoms with E-state index in [-0.39, 0.29) is 12.0 Å². The van der Waals surface area contributed by atoms with Crippen molar-refractivity contribution in [1.29, 1.82) is 0 Å². The summed E-state index contributed by atoms with van der Waals surface area (Å²) in [6, 6.07) is 21.0. The van der Waals surface area contributed by atoms with Crippen LogP contribution in [0, 0.1) is 0 Å². The smallest absolute Gasteiger partial charge is 0.276 e. The normalized spacial score (nSPS) is 11.1. The van der Waals surface area contributed by atoms with Crippen LogP contribution in [0.1, 0.15) is 24.3 Å². The van der Waals surface area contributed by atoms with Gasteiger partial charge in [-0.3, -0.25) is 9.78 Å².